The first-order valence-corrected chi connectivity index (χ1v) is 7.13. The normalized spacial score (nSPS) is 14.3. The molecule has 0 bridgehead atoms. The number of rotatable bonds is 6. The van der Waals surface area contributed by atoms with E-state index in [1.807, 2.05) is 0 Å². The minimum atomic E-state index is -0.729. The van der Waals surface area contributed by atoms with E-state index in [9.17, 15) is 0 Å². The molecule has 54 valence electrons. The topological polar surface area (TPSA) is 36.9 Å². The minimum Gasteiger partial charge on any atom is -0.449 e. The molecular weight excluding hydrogens is 204 g/mol. The van der Waals surface area contributed by atoms with Crippen molar-refractivity contribution in [1.82, 2.24) is 0 Å². The predicted molar refractivity (Wildman–Crippen MR) is 47.1 cm³/mol. The molecule has 0 atom stereocenters. The van der Waals surface area contributed by atoms with Crippen LogP contribution >= 0.6 is 0 Å². The summed E-state index contributed by atoms with van der Waals surface area (Å²) in [5.74, 6) is 0. The largest absolute Gasteiger partial charge is 0.449 e. The molecule has 0 aromatic carbocycles. The number of hydrogen-bond donors (Lipinski definition) is 0. The highest BCUT2D eigenvalue weighted by atomic mass is 28.4. The lowest BCUT2D eigenvalue weighted by Gasteiger charge is -2.01. The molecule has 2 radical (unpaired) electrons. The van der Waals surface area contributed by atoms with Crippen molar-refractivity contribution in [2.24, 2.45) is 0 Å². The first-order chi connectivity index (χ1) is 4.41. The second-order valence-corrected chi connectivity index (χ2v) is 8.83. The van der Waals surface area contributed by atoms with Crippen molar-refractivity contribution in [1.29, 1.82) is 0 Å². The summed E-state index contributed by atoms with van der Waals surface area (Å²) in [6.45, 7) is 0. The van der Waals surface area contributed by atoms with Crippen LogP contribution in [0.3, 0.4) is 0 Å². The summed E-state index contributed by atoms with van der Waals surface area (Å²) in [4.78, 5) is 0. The van der Waals surface area contributed by atoms with Gasteiger partial charge in [0.05, 0.1) is 0 Å². The van der Waals surface area contributed by atoms with Crippen LogP contribution in [0.15, 0.2) is 0 Å². The number of hydrogen-bond acceptors (Lipinski definition) is 4. The SMILES string of the molecule is [SiH]O[SiH2]O[SiH2]O[SiH2]O[SiH3]. The molecule has 0 saturated carbocycles. The van der Waals surface area contributed by atoms with Crippen LogP contribution in [-0.2, 0) is 16.5 Å². The molecule has 0 aliphatic carbocycles. The summed E-state index contributed by atoms with van der Waals surface area (Å²) in [6.07, 6.45) is 0. The molecule has 0 spiro atoms. The summed E-state index contributed by atoms with van der Waals surface area (Å²) in [5, 5.41) is 0. The second kappa shape index (κ2) is 8.92. The van der Waals surface area contributed by atoms with Gasteiger partial charge in [-0.15, -0.1) is 0 Å². The Morgan fingerprint density at radius 1 is 1.11 bits per heavy atom. The van der Waals surface area contributed by atoms with Gasteiger partial charge in [-0.1, -0.05) is 0 Å². The maximum absolute atomic E-state index is 5.10. The molecule has 0 heterocycles. The van der Waals surface area contributed by atoms with Crippen molar-refractivity contribution < 1.29 is 16.5 Å². The van der Waals surface area contributed by atoms with Crippen molar-refractivity contribution in [2.45, 2.75) is 0 Å². The Morgan fingerprint density at radius 3 is 2.33 bits per heavy atom. The van der Waals surface area contributed by atoms with E-state index in [0.717, 1.165) is 10.5 Å². The monoisotopic (exact) mass is 214 g/mol. The predicted octanol–water partition coefficient (Wildman–Crippen LogP) is -4.85. The minimum absolute atomic E-state index is 0.648. The van der Waals surface area contributed by atoms with E-state index >= 15 is 0 Å². The Kier molecular flexibility index (Phi) is 9.84. The Labute approximate surface area is 67.9 Å². The van der Waals surface area contributed by atoms with Crippen molar-refractivity contribution in [3.8, 4) is 0 Å². The van der Waals surface area contributed by atoms with Gasteiger partial charge in [0.2, 0.25) is 0 Å². The Bertz CT molecular complexity index is 42.2. The molecule has 0 unspecified atom stereocenters. The van der Waals surface area contributed by atoms with Gasteiger partial charge in [-0.2, -0.15) is 0 Å². The average Bonchev–Trinajstić information content (AvgIpc) is 1.89. The molecule has 9 heavy (non-hydrogen) atoms. The lowest BCUT2D eigenvalue weighted by molar-refractivity contribution is 0.410. The fourth-order valence-corrected chi connectivity index (χ4v) is 5.75. The van der Waals surface area contributed by atoms with Gasteiger partial charge in [-0.3, -0.25) is 0 Å². The van der Waals surface area contributed by atoms with Gasteiger partial charge in [0, 0.05) is 0 Å². The van der Waals surface area contributed by atoms with Crippen LogP contribution in [0.5, 0.6) is 0 Å². The first kappa shape index (κ1) is 9.92. The van der Waals surface area contributed by atoms with E-state index in [4.69, 9.17) is 16.5 Å². The third kappa shape index (κ3) is 8.92. The summed E-state index contributed by atoms with van der Waals surface area (Å²) in [5.41, 5.74) is 0. The van der Waals surface area contributed by atoms with Crippen molar-refractivity contribution in [2.75, 3.05) is 0 Å². The second-order valence-electron chi connectivity index (χ2n) is 1.22. The van der Waals surface area contributed by atoms with E-state index in [0.29, 0.717) is 0 Å². The summed E-state index contributed by atoms with van der Waals surface area (Å²) in [6, 6.07) is 0. The van der Waals surface area contributed by atoms with Crippen LogP contribution in [0.4, 0.5) is 0 Å². The molecule has 0 amide bonds. The fourth-order valence-electron chi connectivity index (χ4n) is 0.258. The molecule has 9 heteroatoms. The zero-order valence-electron chi connectivity index (χ0n) is 5.33. The van der Waals surface area contributed by atoms with Crippen LogP contribution in [0.25, 0.3) is 0 Å². The quantitative estimate of drug-likeness (QED) is 0.328. The summed E-state index contributed by atoms with van der Waals surface area (Å²) in [7, 11) is 0.850. The van der Waals surface area contributed by atoms with E-state index in [2.05, 4.69) is 10.5 Å². The molecule has 0 aliphatic rings. The molecule has 0 aromatic heterocycles. The Balaban J connectivity index is 2.60. The summed E-state index contributed by atoms with van der Waals surface area (Å²) < 4.78 is 19.8. The van der Waals surface area contributed by atoms with Crippen LogP contribution < -0.4 is 0 Å². The van der Waals surface area contributed by atoms with Gasteiger partial charge >= 0.3 is 0 Å². The fraction of sp³-hybridized carbons (Fsp3) is 0. The molecular formula is H10O4Si5. The van der Waals surface area contributed by atoms with Gasteiger partial charge < -0.3 is 16.5 Å². The van der Waals surface area contributed by atoms with Gasteiger partial charge in [-0.05, 0) is 0 Å². The van der Waals surface area contributed by atoms with Gasteiger partial charge in [0.25, 0.3) is 30.0 Å². The Morgan fingerprint density at radius 2 is 1.78 bits per heavy atom. The van der Waals surface area contributed by atoms with Crippen molar-refractivity contribution >= 4 is 51.0 Å². The zero-order chi connectivity index (χ0) is 6.95. The van der Waals surface area contributed by atoms with E-state index in [-0.39, 0.29) is 0 Å². The van der Waals surface area contributed by atoms with E-state index < -0.39 is 30.0 Å². The highest BCUT2D eigenvalue weighted by Gasteiger charge is 1.86. The average molecular weight is 215 g/mol. The first-order valence-electron chi connectivity index (χ1n) is 2.38. The van der Waals surface area contributed by atoms with E-state index in [1.165, 1.54) is 0 Å². The molecule has 4 nitrogen and oxygen atoms in total. The van der Waals surface area contributed by atoms with Crippen LogP contribution in [0, 0.1) is 0 Å². The lowest BCUT2D eigenvalue weighted by Crippen LogP contribution is -2.13. The van der Waals surface area contributed by atoms with Crippen LogP contribution in [0.1, 0.15) is 0 Å². The van der Waals surface area contributed by atoms with Gasteiger partial charge in [-0.25, -0.2) is 0 Å². The third-order valence-electron chi connectivity index (χ3n) is 0.519. The van der Waals surface area contributed by atoms with Crippen LogP contribution in [0.2, 0.25) is 0 Å². The maximum Gasteiger partial charge on any atom is 0.286 e. The molecule has 0 saturated heterocycles. The lowest BCUT2D eigenvalue weighted by atomic mass is 15.7. The molecule has 0 fully saturated rings. The van der Waals surface area contributed by atoms with Gasteiger partial charge in [0.1, 0.15) is 10.5 Å². The third-order valence-corrected chi connectivity index (χ3v) is 4.67. The zero-order valence-corrected chi connectivity index (χ0v) is 12.7. The van der Waals surface area contributed by atoms with Crippen LogP contribution in [-0.4, -0.2) is 51.0 Å². The highest BCUT2D eigenvalue weighted by molar-refractivity contribution is 6.44. The molecule has 0 N–H and O–H groups in total. The maximum atomic E-state index is 5.10. The smallest absolute Gasteiger partial charge is 0.286 e. The Hall–Kier alpha value is 0.924. The summed E-state index contributed by atoms with van der Waals surface area (Å²) >= 11 is 0. The van der Waals surface area contributed by atoms with E-state index in [1.54, 1.807) is 0 Å². The van der Waals surface area contributed by atoms with Gasteiger partial charge in [0.15, 0.2) is 10.5 Å². The molecule has 0 aliphatic heterocycles. The standard InChI is InChI=1S/H10O4Si5/c5-1-7-3-9-4-8-2-6/h5H,7-9H2,6H3. The highest BCUT2D eigenvalue weighted by Crippen LogP contribution is 1.69. The van der Waals surface area contributed by atoms with Crippen molar-refractivity contribution in [3.05, 3.63) is 0 Å². The molecule has 0 rings (SSSR count). The van der Waals surface area contributed by atoms with Crippen molar-refractivity contribution in [3.63, 3.8) is 0 Å². The molecule has 0 aromatic rings.